The van der Waals surface area contributed by atoms with Crippen LogP contribution in [0, 0.1) is 0 Å². The van der Waals surface area contributed by atoms with Crippen LogP contribution < -0.4 is 15.4 Å². The molecule has 0 radical (unpaired) electrons. The molecule has 0 aromatic heterocycles. The van der Waals surface area contributed by atoms with Crippen molar-refractivity contribution in [3.05, 3.63) is 24.3 Å². The van der Waals surface area contributed by atoms with E-state index in [1.54, 1.807) is 31.2 Å². The van der Waals surface area contributed by atoms with Crippen molar-refractivity contribution in [1.29, 1.82) is 0 Å². The molecule has 1 atom stereocenters. The van der Waals surface area contributed by atoms with Crippen LogP contribution in [-0.2, 0) is 9.59 Å². The maximum atomic E-state index is 11.3. The number of rotatable bonds is 6. The Labute approximate surface area is 100 Å². The van der Waals surface area contributed by atoms with Gasteiger partial charge in [-0.3, -0.25) is 14.5 Å². The van der Waals surface area contributed by atoms with Gasteiger partial charge in [-0.25, -0.2) is 0 Å². The number of hydrogen-bond acceptors (Lipinski definition) is 3. The third-order valence-electron chi connectivity index (χ3n) is 2.53. The number of methoxy groups -OCH3 is 1. The topological polar surface area (TPSA) is 72.6 Å². The lowest BCUT2D eigenvalue weighted by molar-refractivity contribution is -0.121. The van der Waals surface area contributed by atoms with Gasteiger partial charge in [0.15, 0.2) is 0 Å². The predicted molar refractivity (Wildman–Crippen MR) is 64.8 cm³/mol. The van der Waals surface area contributed by atoms with Gasteiger partial charge in [0.2, 0.25) is 12.3 Å². The number of carbonyl (C=O) groups is 2. The molecular weight excluding hydrogens is 220 g/mol. The fourth-order valence-corrected chi connectivity index (χ4v) is 1.68. The molecule has 1 aromatic carbocycles. The summed E-state index contributed by atoms with van der Waals surface area (Å²) in [5.41, 5.74) is 5.81. The molecule has 0 spiro atoms. The van der Waals surface area contributed by atoms with E-state index in [-0.39, 0.29) is 0 Å². The highest BCUT2D eigenvalue weighted by molar-refractivity contribution is 5.92. The Morgan fingerprint density at radius 3 is 2.65 bits per heavy atom. The van der Waals surface area contributed by atoms with Crippen molar-refractivity contribution >= 4 is 18.0 Å². The molecule has 0 heterocycles. The van der Waals surface area contributed by atoms with Gasteiger partial charge in [-0.05, 0) is 18.6 Å². The molecule has 1 unspecified atom stereocenters. The molecule has 0 aliphatic rings. The molecule has 92 valence electrons. The fourth-order valence-electron chi connectivity index (χ4n) is 1.68. The molecule has 1 aromatic rings. The largest absolute Gasteiger partial charge is 0.495 e. The van der Waals surface area contributed by atoms with Crippen LogP contribution in [-0.4, -0.2) is 25.5 Å². The van der Waals surface area contributed by atoms with E-state index < -0.39 is 11.9 Å². The smallest absolute Gasteiger partial charge is 0.240 e. The number of carbonyl (C=O) groups excluding carboxylic acids is 2. The number of hydrogen-bond donors (Lipinski definition) is 1. The van der Waals surface area contributed by atoms with Gasteiger partial charge in [0.05, 0.1) is 12.8 Å². The van der Waals surface area contributed by atoms with Gasteiger partial charge in [-0.1, -0.05) is 19.1 Å². The molecule has 0 fully saturated rings. The van der Waals surface area contributed by atoms with Gasteiger partial charge in [-0.15, -0.1) is 0 Å². The van der Waals surface area contributed by atoms with Crippen molar-refractivity contribution in [3.8, 4) is 5.75 Å². The first kappa shape index (κ1) is 13.0. The van der Waals surface area contributed by atoms with Gasteiger partial charge in [-0.2, -0.15) is 0 Å². The predicted octanol–water partition coefficient (Wildman–Crippen LogP) is 0.922. The minimum atomic E-state index is -0.663. The van der Waals surface area contributed by atoms with Crippen LogP contribution in [0.25, 0.3) is 0 Å². The Balaban J connectivity index is 3.16. The Bertz CT molecular complexity index is 406. The first-order valence-corrected chi connectivity index (χ1v) is 5.31. The standard InChI is InChI=1S/C12H16N2O3/c1-3-9(12(13)16)14(8-15)10-6-4-5-7-11(10)17-2/h4-9H,3H2,1-2H3,(H2,13,16). The maximum absolute atomic E-state index is 11.3. The van der Waals surface area contributed by atoms with Gasteiger partial charge in [0.1, 0.15) is 11.8 Å². The molecule has 2 N–H and O–H groups in total. The molecular formula is C12H16N2O3. The summed E-state index contributed by atoms with van der Waals surface area (Å²) < 4.78 is 5.15. The molecule has 0 saturated heterocycles. The molecule has 5 nitrogen and oxygen atoms in total. The summed E-state index contributed by atoms with van der Waals surface area (Å²) in [4.78, 5) is 23.7. The fraction of sp³-hybridized carbons (Fsp3) is 0.333. The van der Waals surface area contributed by atoms with E-state index >= 15 is 0 Å². The van der Waals surface area contributed by atoms with Gasteiger partial charge in [0.25, 0.3) is 0 Å². The summed E-state index contributed by atoms with van der Waals surface area (Å²) in [5, 5.41) is 0. The second-order valence-electron chi connectivity index (χ2n) is 3.51. The molecule has 5 heteroatoms. The molecule has 0 aliphatic heterocycles. The average Bonchev–Trinajstić information content (AvgIpc) is 2.35. The average molecular weight is 236 g/mol. The summed E-state index contributed by atoms with van der Waals surface area (Å²) in [5.74, 6) is -0.00944. The monoisotopic (exact) mass is 236 g/mol. The first-order valence-electron chi connectivity index (χ1n) is 5.31. The highest BCUT2D eigenvalue weighted by Crippen LogP contribution is 2.28. The summed E-state index contributed by atoms with van der Waals surface area (Å²) in [6, 6.07) is 6.32. The molecule has 0 saturated carbocycles. The SMILES string of the molecule is CCC(C(N)=O)N(C=O)c1ccccc1OC. The minimum absolute atomic E-state index is 0.451. The van der Waals surface area contributed by atoms with E-state index in [4.69, 9.17) is 10.5 Å². The maximum Gasteiger partial charge on any atom is 0.240 e. The molecule has 2 amide bonds. The highest BCUT2D eigenvalue weighted by Gasteiger charge is 2.24. The summed E-state index contributed by atoms with van der Waals surface area (Å²) in [6.07, 6.45) is 1.04. The number of anilines is 1. The van der Waals surface area contributed by atoms with Crippen molar-refractivity contribution in [2.24, 2.45) is 5.73 Å². The van der Waals surface area contributed by atoms with Gasteiger partial charge in [0, 0.05) is 0 Å². The molecule has 0 bridgehead atoms. The number of ether oxygens (including phenoxy) is 1. The van der Waals surface area contributed by atoms with E-state index in [9.17, 15) is 9.59 Å². The number of primary amides is 1. The van der Waals surface area contributed by atoms with Crippen molar-refractivity contribution in [2.75, 3.05) is 12.0 Å². The number of benzene rings is 1. The third kappa shape index (κ3) is 2.75. The van der Waals surface area contributed by atoms with E-state index in [2.05, 4.69) is 0 Å². The summed E-state index contributed by atoms with van der Waals surface area (Å²) >= 11 is 0. The van der Waals surface area contributed by atoms with Crippen LogP contribution in [0.2, 0.25) is 0 Å². The van der Waals surface area contributed by atoms with E-state index in [1.165, 1.54) is 12.0 Å². The van der Waals surface area contributed by atoms with Gasteiger partial charge < -0.3 is 10.5 Å². The second kappa shape index (κ2) is 5.89. The highest BCUT2D eigenvalue weighted by atomic mass is 16.5. The lowest BCUT2D eigenvalue weighted by Gasteiger charge is -2.26. The Morgan fingerprint density at radius 1 is 1.53 bits per heavy atom. The van der Waals surface area contributed by atoms with Crippen molar-refractivity contribution < 1.29 is 14.3 Å². The van der Waals surface area contributed by atoms with Crippen molar-refractivity contribution in [1.82, 2.24) is 0 Å². The summed E-state index contributed by atoms with van der Waals surface area (Å²) in [7, 11) is 1.51. The third-order valence-corrected chi connectivity index (χ3v) is 2.53. The number of nitrogens with two attached hydrogens (primary N) is 1. The van der Waals surface area contributed by atoms with Crippen LogP contribution in [0.1, 0.15) is 13.3 Å². The summed E-state index contributed by atoms with van der Waals surface area (Å²) in [6.45, 7) is 1.79. The lowest BCUT2D eigenvalue weighted by atomic mass is 10.1. The zero-order valence-electron chi connectivity index (χ0n) is 9.92. The Hall–Kier alpha value is -2.04. The lowest BCUT2D eigenvalue weighted by Crippen LogP contribution is -2.44. The molecule has 17 heavy (non-hydrogen) atoms. The normalized spacial score (nSPS) is 11.6. The second-order valence-corrected chi connectivity index (χ2v) is 3.51. The first-order chi connectivity index (χ1) is 8.15. The van der Waals surface area contributed by atoms with Crippen LogP contribution in [0.4, 0.5) is 5.69 Å². The molecule has 0 aliphatic carbocycles. The Morgan fingerprint density at radius 2 is 2.18 bits per heavy atom. The van der Waals surface area contributed by atoms with Crippen LogP contribution in [0.5, 0.6) is 5.75 Å². The zero-order valence-corrected chi connectivity index (χ0v) is 9.92. The van der Waals surface area contributed by atoms with Crippen LogP contribution in [0.15, 0.2) is 24.3 Å². The van der Waals surface area contributed by atoms with Crippen molar-refractivity contribution in [3.63, 3.8) is 0 Å². The van der Waals surface area contributed by atoms with Gasteiger partial charge >= 0.3 is 0 Å². The van der Waals surface area contributed by atoms with Crippen LogP contribution >= 0.6 is 0 Å². The van der Waals surface area contributed by atoms with E-state index in [1.807, 2.05) is 0 Å². The van der Waals surface area contributed by atoms with E-state index in [0.717, 1.165) is 0 Å². The van der Waals surface area contributed by atoms with E-state index in [0.29, 0.717) is 24.3 Å². The number of amides is 2. The van der Waals surface area contributed by atoms with Crippen molar-refractivity contribution in [2.45, 2.75) is 19.4 Å². The number of para-hydroxylation sites is 2. The quantitative estimate of drug-likeness (QED) is 0.746. The van der Waals surface area contributed by atoms with Crippen LogP contribution in [0.3, 0.4) is 0 Å². The number of nitrogens with zero attached hydrogens (tertiary/aromatic N) is 1. The minimum Gasteiger partial charge on any atom is -0.495 e. The Kier molecular flexibility index (Phi) is 4.51. The molecule has 1 rings (SSSR count). The zero-order chi connectivity index (χ0) is 12.8.